The van der Waals surface area contributed by atoms with Crippen molar-refractivity contribution < 1.29 is 28.1 Å². The maximum atomic E-state index is 17.3. The van der Waals surface area contributed by atoms with E-state index in [-0.39, 0.29) is 58.7 Å². The Morgan fingerprint density at radius 2 is 1.80 bits per heavy atom. The van der Waals surface area contributed by atoms with Crippen molar-refractivity contribution in [2.75, 3.05) is 37.7 Å². The number of phenols is 1. The average molecular weight is 761 g/mol. The lowest BCUT2D eigenvalue weighted by Crippen LogP contribution is -2.49. The molecule has 3 fully saturated rings. The van der Waals surface area contributed by atoms with Crippen LogP contribution in [0.5, 0.6) is 11.8 Å². The van der Waals surface area contributed by atoms with E-state index in [1.807, 2.05) is 0 Å². The number of pyridine rings is 1. The quantitative estimate of drug-likeness (QED) is 0.126. The summed E-state index contributed by atoms with van der Waals surface area (Å²) >= 11 is 0. The molecule has 9 nitrogen and oxygen atoms in total. The third kappa shape index (κ3) is 6.69. The van der Waals surface area contributed by atoms with Crippen molar-refractivity contribution in [3.8, 4) is 34.5 Å². The number of phenolic OH excluding ortho intramolecular Hbond substituents is 1. The molecule has 2 aromatic carbocycles. The van der Waals surface area contributed by atoms with Crippen LogP contribution in [0.15, 0.2) is 30.5 Å². The van der Waals surface area contributed by atoms with Gasteiger partial charge in [-0.05, 0) is 66.0 Å². The van der Waals surface area contributed by atoms with E-state index >= 15 is 8.78 Å². The summed E-state index contributed by atoms with van der Waals surface area (Å²) in [6.45, 7) is 14.9. The molecule has 54 heavy (non-hydrogen) atoms. The first-order valence-corrected chi connectivity index (χ1v) is 21.4. The zero-order valence-electron chi connectivity index (χ0n) is 32.0. The van der Waals surface area contributed by atoms with Crippen molar-refractivity contribution in [2.24, 2.45) is 5.73 Å². The second kappa shape index (κ2) is 14.6. The van der Waals surface area contributed by atoms with Crippen molar-refractivity contribution in [3.63, 3.8) is 0 Å². The van der Waals surface area contributed by atoms with Crippen LogP contribution < -0.4 is 15.4 Å². The molecule has 3 aliphatic rings. The fraction of sp³-hybridized carbons (Fsp3) is 0.537. The summed E-state index contributed by atoms with van der Waals surface area (Å²) in [5.41, 5.74) is 10.3. The summed E-state index contributed by atoms with van der Waals surface area (Å²) in [5, 5.41) is 22.6. The van der Waals surface area contributed by atoms with Crippen LogP contribution in [0, 0.1) is 23.1 Å². The summed E-state index contributed by atoms with van der Waals surface area (Å²) in [6, 6.07) is 5.30. The lowest BCUT2D eigenvalue weighted by atomic mass is 9.95. The molecule has 5 heterocycles. The predicted octanol–water partition coefficient (Wildman–Crippen LogP) is 7.25. The largest absolute Gasteiger partial charge is 0.508 e. The minimum absolute atomic E-state index is 0.0959. The van der Waals surface area contributed by atoms with Crippen LogP contribution in [0.4, 0.5) is 19.0 Å². The third-order valence-corrected chi connectivity index (χ3v) is 18.5. The van der Waals surface area contributed by atoms with Crippen molar-refractivity contribution >= 4 is 35.6 Å². The molecule has 0 amide bonds. The molecule has 13 heteroatoms. The molecule has 4 aromatic rings. The average Bonchev–Trinajstić information content (AvgIpc) is 3.63. The highest BCUT2D eigenvalue weighted by Crippen LogP contribution is 2.43. The van der Waals surface area contributed by atoms with Gasteiger partial charge in [0, 0.05) is 49.2 Å². The molecule has 0 spiro atoms. The molecule has 4 atom stereocenters. The molecule has 0 unspecified atom stereocenters. The van der Waals surface area contributed by atoms with Crippen LogP contribution in [0.1, 0.15) is 72.8 Å². The highest BCUT2D eigenvalue weighted by atomic mass is 28.3. The van der Waals surface area contributed by atoms with Gasteiger partial charge in [-0.3, -0.25) is 9.88 Å². The number of aromatic nitrogens is 3. The molecule has 0 bridgehead atoms. The van der Waals surface area contributed by atoms with E-state index in [0.29, 0.717) is 59.1 Å². The van der Waals surface area contributed by atoms with Crippen molar-refractivity contribution in [1.29, 1.82) is 0 Å². The number of β-amino-alcohol motifs (C(OH)–C–C–N with tert-alkyl or cyclic N) is 1. The predicted molar refractivity (Wildman–Crippen MR) is 209 cm³/mol. The van der Waals surface area contributed by atoms with Crippen LogP contribution in [0.25, 0.3) is 32.9 Å². The summed E-state index contributed by atoms with van der Waals surface area (Å²) in [6.07, 6.45) is 2.20. The van der Waals surface area contributed by atoms with Gasteiger partial charge in [0.15, 0.2) is 5.82 Å². The number of ether oxygens (including phenoxy) is 1. The minimum Gasteiger partial charge on any atom is -0.508 e. The molecule has 3 aliphatic heterocycles. The van der Waals surface area contributed by atoms with Crippen molar-refractivity contribution in [3.05, 3.63) is 47.7 Å². The van der Waals surface area contributed by atoms with E-state index in [0.717, 1.165) is 19.4 Å². The van der Waals surface area contributed by atoms with Crippen molar-refractivity contribution in [2.45, 2.75) is 108 Å². The van der Waals surface area contributed by atoms with Crippen LogP contribution >= 0.6 is 0 Å². The zero-order valence-corrected chi connectivity index (χ0v) is 33.0. The molecule has 288 valence electrons. The topological polar surface area (TPSA) is 121 Å². The van der Waals surface area contributed by atoms with Gasteiger partial charge in [0.1, 0.15) is 49.4 Å². The molecule has 7 rings (SSSR count). The number of benzene rings is 2. The van der Waals surface area contributed by atoms with Gasteiger partial charge in [0.2, 0.25) is 0 Å². The Kier molecular flexibility index (Phi) is 10.4. The first-order valence-electron chi connectivity index (χ1n) is 19.2. The number of halogens is 3. The van der Waals surface area contributed by atoms with E-state index in [1.165, 1.54) is 24.4 Å². The maximum Gasteiger partial charge on any atom is 0.319 e. The van der Waals surface area contributed by atoms with Gasteiger partial charge in [-0.25, -0.2) is 13.2 Å². The molecule has 0 saturated carbocycles. The fourth-order valence-corrected chi connectivity index (χ4v) is 15.0. The van der Waals surface area contributed by atoms with Gasteiger partial charge >= 0.3 is 6.01 Å². The second-order valence-corrected chi connectivity index (χ2v) is 22.2. The number of aliphatic hydroxyl groups is 1. The maximum absolute atomic E-state index is 17.3. The Labute approximate surface area is 316 Å². The molecule has 0 aliphatic carbocycles. The second-order valence-electron chi connectivity index (χ2n) is 16.6. The van der Waals surface area contributed by atoms with E-state index < -0.39 is 37.5 Å². The monoisotopic (exact) mass is 760 g/mol. The number of fused-ring (bicyclic) bond motifs is 3. The molecule has 2 aromatic heterocycles. The number of nitrogens with zero attached hydrogens (tertiary/aromatic N) is 5. The molecular formula is C41H51F3N6O3Si. The molecule has 0 radical (unpaired) electrons. The Bertz CT molecular complexity index is 2110. The summed E-state index contributed by atoms with van der Waals surface area (Å²) in [7, 11) is -2.30. The Hall–Kier alpha value is -3.96. The van der Waals surface area contributed by atoms with Crippen molar-refractivity contribution in [1.82, 2.24) is 19.9 Å². The zero-order chi connectivity index (χ0) is 38.7. The number of nitrogens with two attached hydrogens (primary N) is 1. The van der Waals surface area contributed by atoms with Gasteiger partial charge in [0.25, 0.3) is 0 Å². The Morgan fingerprint density at radius 3 is 2.50 bits per heavy atom. The van der Waals surface area contributed by atoms with Gasteiger partial charge in [-0.1, -0.05) is 53.5 Å². The number of rotatable bonds is 8. The smallest absolute Gasteiger partial charge is 0.319 e. The van der Waals surface area contributed by atoms with Gasteiger partial charge in [-0.15, -0.1) is 5.54 Å². The van der Waals surface area contributed by atoms with E-state index in [4.69, 9.17) is 15.5 Å². The molecule has 4 N–H and O–H groups in total. The SMILES string of the molecule is CC(C)[Si](C#Cc1c(F)ccc2cc(O)cc(-c3ncc4c(N5C[C@@H](N)C[C@@H](O)C5)nc(OC[C@@]56CCCN5C[C@H](F)C6)nc4c3F)c12)(C(C)C)C(C)C. The van der Waals surface area contributed by atoms with Gasteiger partial charge < -0.3 is 25.6 Å². The summed E-state index contributed by atoms with van der Waals surface area (Å²) < 4.78 is 54.1. The third-order valence-electron chi connectivity index (χ3n) is 12.2. The van der Waals surface area contributed by atoms with E-state index in [2.05, 4.69) is 67.9 Å². The minimum atomic E-state index is -2.30. The van der Waals surface area contributed by atoms with E-state index in [9.17, 15) is 14.6 Å². The Balaban J connectivity index is 1.41. The summed E-state index contributed by atoms with van der Waals surface area (Å²) in [4.78, 5) is 17.8. The van der Waals surface area contributed by atoms with Gasteiger partial charge in [0.05, 0.1) is 22.6 Å². The first kappa shape index (κ1) is 38.3. The summed E-state index contributed by atoms with van der Waals surface area (Å²) in [5.74, 6) is 2.03. The number of piperidine rings is 1. The first-order chi connectivity index (χ1) is 25.6. The van der Waals surface area contributed by atoms with Crippen LogP contribution in [-0.2, 0) is 0 Å². The number of hydrogen-bond donors (Lipinski definition) is 3. The van der Waals surface area contributed by atoms with Crippen LogP contribution in [0.2, 0.25) is 16.6 Å². The standard InChI is InChI=1S/C41H51F3N6O3Si/c1-23(2)54(24(3)4,25(5)6)13-10-31-34(43)9-8-26-14-29(51)16-32(35(26)31)37-36(44)38-33(18-46-37)39(49-20-28(45)15-30(52)21-49)48-40(47-38)53-22-41-11-7-12-50(41)19-27(42)17-41/h8-9,14,16,18,23-25,27-28,30,51-52H,7,11-12,15,17,19-22,45H2,1-6H3/t27-,28+,30-,41+/m1/s1. The Morgan fingerprint density at radius 1 is 1.06 bits per heavy atom. The number of aromatic hydroxyl groups is 1. The normalized spacial score (nSPS) is 23.5. The van der Waals surface area contributed by atoms with Crippen LogP contribution in [0.3, 0.4) is 0 Å². The number of aliphatic hydroxyl groups excluding tert-OH is 1. The lowest BCUT2D eigenvalue weighted by molar-refractivity contribution is 0.107. The highest BCUT2D eigenvalue weighted by Gasteiger charge is 2.49. The fourth-order valence-electron chi connectivity index (χ4n) is 9.78. The lowest BCUT2D eigenvalue weighted by Gasteiger charge is -2.38. The van der Waals surface area contributed by atoms with E-state index in [1.54, 1.807) is 11.0 Å². The van der Waals surface area contributed by atoms with Crippen LogP contribution in [-0.4, -0.2) is 94.8 Å². The number of alkyl halides is 1. The highest BCUT2D eigenvalue weighted by molar-refractivity contribution is 6.90. The number of anilines is 1. The number of hydrogen-bond acceptors (Lipinski definition) is 9. The molecular weight excluding hydrogens is 710 g/mol. The van der Waals surface area contributed by atoms with Gasteiger partial charge in [-0.2, -0.15) is 9.97 Å². The molecule has 3 saturated heterocycles.